The highest BCUT2D eigenvalue weighted by Crippen LogP contribution is 2.51. The molecule has 6 heteroatoms. The van der Waals surface area contributed by atoms with Crippen LogP contribution in [0.2, 0.25) is 0 Å². The van der Waals surface area contributed by atoms with Gasteiger partial charge < -0.3 is 20.6 Å². The van der Waals surface area contributed by atoms with Gasteiger partial charge in [-0.2, -0.15) is 0 Å². The van der Waals surface area contributed by atoms with Crippen molar-refractivity contribution in [2.24, 2.45) is 5.92 Å². The number of piperidine rings is 1. The van der Waals surface area contributed by atoms with Gasteiger partial charge in [0.1, 0.15) is 11.8 Å². The maximum atomic E-state index is 12.4. The van der Waals surface area contributed by atoms with Crippen LogP contribution in [0.25, 0.3) is 0 Å². The Balaban J connectivity index is 1.53. The van der Waals surface area contributed by atoms with Gasteiger partial charge in [-0.3, -0.25) is 9.59 Å². The summed E-state index contributed by atoms with van der Waals surface area (Å²) in [5.74, 6) is 0.641. The second kappa shape index (κ2) is 6.82. The molecule has 3 aliphatic rings. The summed E-state index contributed by atoms with van der Waals surface area (Å²) in [4.78, 5) is 26.2. The van der Waals surface area contributed by atoms with E-state index in [1.807, 2.05) is 6.07 Å². The first-order chi connectivity index (χ1) is 12.9. The molecule has 146 valence electrons. The van der Waals surface area contributed by atoms with E-state index in [1.165, 1.54) is 11.1 Å². The Hall–Kier alpha value is -2.08. The number of nitrogens with zero attached hydrogens (tertiary/aromatic N) is 1. The van der Waals surface area contributed by atoms with E-state index in [0.29, 0.717) is 37.1 Å². The monoisotopic (exact) mass is 371 g/mol. The Morgan fingerprint density at radius 2 is 2.26 bits per heavy atom. The quantitative estimate of drug-likeness (QED) is 0.745. The van der Waals surface area contributed by atoms with Crippen LogP contribution in [0, 0.1) is 5.92 Å². The number of hydrogen-bond acceptors (Lipinski definition) is 4. The molecule has 2 bridgehead atoms. The first-order valence-corrected chi connectivity index (χ1v) is 10.0. The fourth-order valence-electron chi connectivity index (χ4n) is 5.49. The molecular formula is C21H29N3O3. The summed E-state index contributed by atoms with van der Waals surface area (Å²) in [7, 11) is 2.20. The van der Waals surface area contributed by atoms with Crippen LogP contribution in [0.5, 0.6) is 5.75 Å². The highest BCUT2D eigenvalue weighted by Gasteiger charge is 2.50. The summed E-state index contributed by atoms with van der Waals surface area (Å²) in [5, 5.41) is 15.9. The largest absolute Gasteiger partial charge is 0.508 e. The fourth-order valence-corrected chi connectivity index (χ4v) is 5.49. The van der Waals surface area contributed by atoms with Gasteiger partial charge in [0.15, 0.2) is 0 Å². The van der Waals surface area contributed by atoms with Crippen LogP contribution >= 0.6 is 0 Å². The number of likely N-dealkylation sites (tertiary alicyclic amines) is 1. The summed E-state index contributed by atoms with van der Waals surface area (Å²) in [5.41, 5.74) is 2.54. The number of nitrogens with one attached hydrogen (secondary N) is 2. The second-order valence-corrected chi connectivity index (χ2v) is 8.49. The van der Waals surface area contributed by atoms with Gasteiger partial charge >= 0.3 is 0 Å². The predicted octanol–water partition coefficient (Wildman–Crippen LogP) is 1.31. The van der Waals surface area contributed by atoms with E-state index in [1.54, 1.807) is 6.07 Å². The third-order valence-corrected chi connectivity index (χ3v) is 7.17. The molecule has 0 aromatic heterocycles. The Bertz CT molecular complexity index is 765. The molecule has 4 rings (SSSR count). The van der Waals surface area contributed by atoms with E-state index in [4.69, 9.17) is 0 Å². The van der Waals surface area contributed by atoms with Crippen molar-refractivity contribution in [1.82, 2.24) is 15.5 Å². The molecule has 0 radical (unpaired) electrons. The van der Waals surface area contributed by atoms with Crippen LogP contribution in [0.4, 0.5) is 0 Å². The van der Waals surface area contributed by atoms with Gasteiger partial charge in [0.05, 0.1) is 0 Å². The second-order valence-electron chi connectivity index (χ2n) is 8.49. The highest BCUT2D eigenvalue weighted by molar-refractivity contribution is 5.90. The number of carbonyl (C=O) groups excluding carboxylic acids is 2. The summed E-state index contributed by atoms with van der Waals surface area (Å²) in [6, 6.07) is 5.88. The summed E-state index contributed by atoms with van der Waals surface area (Å²) >= 11 is 0. The number of hydrogen-bond donors (Lipinski definition) is 3. The standard InChI is InChI=1S/C21H29N3O3/c1-13-18-11-14-3-4-15(25)12-16(14)21(13,8-10-24(18)2)7-9-22-20(27)17-5-6-19(26)23-17/h3-4,12-13,17-18,25H,5-11H2,1-2H3,(H,22,27)(H,23,26)/t13-,17-,18+,21?/m0/s1. The predicted molar refractivity (Wildman–Crippen MR) is 102 cm³/mol. The van der Waals surface area contributed by atoms with Crippen LogP contribution in [0.3, 0.4) is 0 Å². The maximum absolute atomic E-state index is 12.4. The number of likely N-dealkylation sites (N-methyl/N-ethyl adjacent to an activating group) is 1. The third kappa shape index (κ3) is 3.10. The van der Waals surface area contributed by atoms with Crippen LogP contribution in [-0.2, 0) is 21.4 Å². The molecule has 2 heterocycles. The zero-order valence-corrected chi connectivity index (χ0v) is 16.1. The van der Waals surface area contributed by atoms with E-state index in [-0.39, 0.29) is 23.3 Å². The number of carbonyl (C=O) groups is 2. The average molecular weight is 371 g/mol. The Kier molecular flexibility index (Phi) is 4.62. The van der Waals surface area contributed by atoms with Crippen molar-refractivity contribution < 1.29 is 14.7 Å². The van der Waals surface area contributed by atoms with Crippen molar-refractivity contribution in [1.29, 1.82) is 0 Å². The first-order valence-electron chi connectivity index (χ1n) is 10.0. The number of amides is 2. The van der Waals surface area contributed by atoms with E-state index in [2.05, 4.69) is 35.6 Å². The van der Waals surface area contributed by atoms with Crippen LogP contribution in [0.15, 0.2) is 18.2 Å². The molecule has 3 N–H and O–H groups in total. The molecule has 1 aromatic rings. The van der Waals surface area contributed by atoms with Gasteiger partial charge in [-0.15, -0.1) is 0 Å². The lowest BCUT2D eigenvalue weighted by Gasteiger charge is -2.55. The average Bonchev–Trinajstić information content (AvgIpc) is 3.07. The van der Waals surface area contributed by atoms with Crippen LogP contribution in [-0.4, -0.2) is 54.0 Å². The number of aromatic hydroxyl groups is 1. The SMILES string of the molecule is C[C@H]1[C@H]2Cc3ccc(O)cc3C1(CCNC(=O)[C@@H]1CCC(=O)N1)CCN2C. The molecule has 1 aromatic carbocycles. The van der Waals surface area contributed by atoms with E-state index < -0.39 is 0 Å². The van der Waals surface area contributed by atoms with Gasteiger partial charge in [0.2, 0.25) is 11.8 Å². The Labute approximate surface area is 160 Å². The van der Waals surface area contributed by atoms with Gasteiger partial charge in [-0.25, -0.2) is 0 Å². The van der Waals surface area contributed by atoms with Crippen molar-refractivity contribution in [2.45, 2.75) is 56.5 Å². The van der Waals surface area contributed by atoms with Crippen molar-refractivity contribution in [3.05, 3.63) is 29.3 Å². The van der Waals surface area contributed by atoms with E-state index in [0.717, 1.165) is 25.8 Å². The molecule has 6 nitrogen and oxygen atoms in total. The zero-order valence-electron chi connectivity index (χ0n) is 16.1. The minimum atomic E-state index is -0.389. The zero-order chi connectivity index (χ0) is 19.2. The topological polar surface area (TPSA) is 81.7 Å². The van der Waals surface area contributed by atoms with Gasteiger partial charge in [-0.1, -0.05) is 13.0 Å². The maximum Gasteiger partial charge on any atom is 0.242 e. The summed E-state index contributed by atoms with van der Waals surface area (Å²) in [6.45, 7) is 3.92. The number of fused-ring (bicyclic) bond motifs is 4. The number of phenolic OH excluding ortho intramolecular Hbond substituents is 1. The van der Waals surface area contributed by atoms with Gasteiger partial charge in [-0.05, 0) is 68.5 Å². The number of phenols is 1. The van der Waals surface area contributed by atoms with Crippen molar-refractivity contribution in [2.75, 3.05) is 20.1 Å². The van der Waals surface area contributed by atoms with Crippen molar-refractivity contribution >= 4 is 11.8 Å². The molecule has 2 aliphatic heterocycles. The van der Waals surface area contributed by atoms with Crippen molar-refractivity contribution in [3.63, 3.8) is 0 Å². The minimum Gasteiger partial charge on any atom is -0.508 e. The third-order valence-electron chi connectivity index (χ3n) is 7.17. The molecule has 1 aliphatic carbocycles. The van der Waals surface area contributed by atoms with E-state index >= 15 is 0 Å². The van der Waals surface area contributed by atoms with Crippen LogP contribution < -0.4 is 10.6 Å². The summed E-state index contributed by atoms with van der Waals surface area (Å²) in [6.07, 6.45) is 3.89. The smallest absolute Gasteiger partial charge is 0.242 e. The molecule has 27 heavy (non-hydrogen) atoms. The van der Waals surface area contributed by atoms with Crippen LogP contribution in [0.1, 0.15) is 43.7 Å². The number of rotatable bonds is 4. The van der Waals surface area contributed by atoms with E-state index in [9.17, 15) is 14.7 Å². The van der Waals surface area contributed by atoms with Gasteiger partial charge in [0, 0.05) is 24.4 Å². The normalized spacial score (nSPS) is 32.7. The fraction of sp³-hybridized carbons (Fsp3) is 0.619. The molecule has 0 spiro atoms. The lowest BCUT2D eigenvalue weighted by Crippen LogP contribution is -2.58. The highest BCUT2D eigenvalue weighted by atomic mass is 16.3. The molecule has 1 unspecified atom stereocenters. The Morgan fingerprint density at radius 1 is 1.44 bits per heavy atom. The molecule has 0 saturated carbocycles. The lowest BCUT2D eigenvalue weighted by molar-refractivity contribution is -0.125. The van der Waals surface area contributed by atoms with Crippen molar-refractivity contribution in [3.8, 4) is 5.75 Å². The Morgan fingerprint density at radius 3 is 3.00 bits per heavy atom. The lowest BCUT2D eigenvalue weighted by atomic mass is 9.56. The first kappa shape index (κ1) is 18.3. The number of benzene rings is 1. The molecule has 4 atom stereocenters. The molecular weight excluding hydrogens is 342 g/mol. The molecule has 2 saturated heterocycles. The minimum absolute atomic E-state index is 0.0320. The van der Waals surface area contributed by atoms with Gasteiger partial charge in [0.25, 0.3) is 0 Å². The molecule has 2 fully saturated rings. The molecule has 2 amide bonds. The summed E-state index contributed by atoms with van der Waals surface area (Å²) < 4.78 is 0.